The van der Waals surface area contributed by atoms with Gasteiger partial charge in [-0.15, -0.1) is 0 Å². The molecule has 0 atom stereocenters. The average Bonchev–Trinajstić information content (AvgIpc) is 2.84. The van der Waals surface area contributed by atoms with Crippen LogP contribution in [0.1, 0.15) is 19.3 Å². The zero-order valence-electron chi connectivity index (χ0n) is 10.4. The lowest BCUT2D eigenvalue weighted by Crippen LogP contribution is -2.42. The molecule has 0 radical (unpaired) electrons. The third kappa shape index (κ3) is 3.24. The van der Waals surface area contributed by atoms with Gasteiger partial charge in [0.05, 0.1) is 12.7 Å². The molecule has 1 fully saturated rings. The standard InChI is InChI=1S/C10H17N5O3S/c11-10-8(6-12-14-10)19(17,18)13-7-9(16)15-4-2-1-3-5-15/h6,13H,1-5,7H2,(H3,11,12,14). The van der Waals surface area contributed by atoms with Crippen molar-refractivity contribution in [3.63, 3.8) is 0 Å². The van der Waals surface area contributed by atoms with E-state index in [4.69, 9.17) is 5.73 Å². The average molecular weight is 287 g/mol. The summed E-state index contributed by atoms with van der Waals surface area (Å²) in [5.41, 5.74) is 5.44. The van der Waals surface area contributed by atoms with E-state index in [9.17, 15) is 13.2 Å². The number of nitrogen functional groups attached to an aromatic ring is 1. The van der Waals surface area contributed by atoms with Crippen LogP contribution in [0.25, 0.3) is 0 Å². The molecule has 4 N–H and O–H groups in total. The van der Waals surface area contributed by atoms with Crippen molar-refractivity contribution in [2.24, 2.45) is 0 Å². The number of likely N-dealkylation sites (tertiary alicyclic amines) is 1. The molecule has 0 aliphatic carbocycles. The van der Waals surface area contributed by atoms with Crippen molar-refractivity contribution < 1.29 is 13.2 Å². The monoisotopic (exact) mass is 287 g/mol. The third-order valence-corrected chi connectivity index (χ3v) is 4.47. The van der Waals surface area contributed by atoms with Gasteiger partial charge in [0.2, 0.25) is 15.9 Å². The van der Waals surface area contributed by atoms with Crippen LogP contribution in [-0.2, 0) is 14.8 Å². The Bertz CT molecular complexity index is 547. The molecular formula is C10H17N5O3S. The number of hydrogen-bond acceptors (Lipinski definition) is 5. The summed E-state index contributed by atoms with van der Waals surface area (Å²) in [4.78, 5) is 13.4. The van der Waals surface area contributed by atoms with Crippen molar-refractivity contribution >= 4 is 21.7 Å². The predicted molar refractivity (Wildman–Crippen MR) is 68.6 cm³/mol. The molecule has 2 heterocycles. The highest BCUT2D eigenvalue weighted by Crippen LogP contribution is 2.13. The first-order valence-electron chi connectivity index (χ1n) is 6.07. The molecule has 1 amide bonds. The lowest BCUT2D eigenvalue weighted by Gasteiger charge is -2.26. The van der Waals surface area contributed by atoms with Crippen LogP contribution in [-0.4, -0.2) is 49.1 Å². The highest BCUT2D eigenvalue weighted by Gasteiger charge is 2.22. The van der Waals surface area contributed by atoms with Gasteiger partial charge in [-0.3, -0.25) is 9.89 Å². The first-order chi connectivity index (χ1) is 9.00. The number of hydrogen-bond donors (Lipinski definition) is 3. The summed E-state index contributed by atoms with van der Waals surface area (Å²) < 4.78 is 26.0. The summed E-state index contributed by atoms with van der Waals surface area (Å²) in [6.07, 6.45) is 4.16. The number of sulfonamides is 1. The molecule has 106 valence electrons. The zero-order valence-corrected chi connectivity index (χ0v) is 11.2. The van der Waals surface area contributed by atoms with E-state index in [1.165, 1.54) is 0 Å². The number of nitrogens with two attached hydrogens (primary N) is 1. The van der Waals surface area contributed by atoms with Crippen molar-refractivity contribution in [1.82, 2.24) is 19.8 Å². The van der Waals surface area contributed by atoms with E-state index in [1.807, 2.05) is 0 Å². The molecule has 9 heteroatoms. The van der Waals surface area contributed by atoms with Gasteiger partial charge in [0.1, 0.15) is 10.7 Å². The largest absolute Gasteiger partial charge is 0.383 e. The van der Waals surface area contributed by atoms with Crippen LogP contribution in [0.5, 0.6) is 0 Å². The summed E-state index contributed by atoms with van der Waals surface area (Å²) >= 11 is 0. The molecule has 1 aliphatic heterocycles. The molecule has 0 unspecified atom stereocenters. The van der Waals surface area contributed by atoms with E-state index < -0.39 is 10.0 Å². The smallest absolute Gasteiger partial charge is 0.246 e. The Kier molecular flexibility index (Phi) is 4.05. The van der Waals surface area contributed by atoms with Gasteiger partial charge in [-0.25, -0.2) is 13.1 Å². The molecule has 1 saturated heterocycles. The van der Waals surface area contributed by atoms with Gasteiger partial charge in [-0.2, -0.15) is 5.10 Å². The van der Waals surface area contributed by atoms with Gasteiger partial charge in [0.15, 0.2) is 0 Å². The van der Waals surface area contributed by atoms with Gasteiger partial charge in [0, 0.05) is 13.1 Å². The first kappa shape index (κ1) is 13.8. The fourth-order valence-electron chi connectivity index (χ4n) is 1.99. The second kappa shape index (κ2) is 5.57. The number of carbonyl (C=O) groups excluding carboxylic acids is 1. The minimum Gasteiger partial charge on any atom is -0.383 e. The quantitative estimate of drug-likeness (QED) is 0.675. The molecule has 0 saturated carbocycles. The van der Waals surface area contributed by atoms with Gasteiger partial charge < -0.3 is 10.6 Å². The molecule has 0 aromatic carbocycles. The number of nitrogens with zero attached hydrogens (tertiary/aromatic N) is 2. The maximum absolute atomic E-state index is 11.9. The van der Waals surface area contributed by atoms with E-state index in [2.05, 4.69) is 14.9 Å². The molecule has 19 heavy (non-hydrogen) atoms. The molecule has 1 aromatic rings. The Hall–Kier alpha value is -1.61. The fraction of sp³-hybridized carbons (Fsp3) is 0.600. The van der Waals surface area contributed by atoms with Crippen molar-refractivity contribution in [2.45, 2.75) is 24.2 Å². The maximum atomic E-state index is 11.9. The van der Waals surface area contributed by atoms with E-state index in [0.29, 0.717) is 13.1 Å². The van der Waals surface area contributed by atoms with E-state index in [-0.39, 0.29) is 23.2 Å². The minimum absolute atomic E-state index is 0.0436. The lowest BCUT2D eigenvalue weighted by molar-refractivity contribution is -0.130. The Labute approximate surface area is 111 Å². The van der Waals surface area contributed by atoms with Crippen LogP contribution in [0.2, 0.25) is 0 Å². The number of carbonyl (C=O) groups is 1. The number of rotatable bonds is 4. The number of H-pyrrole nitrogens is 1. The first-order valence-corrected chi connectivity index (χ1v) is 7.55. The van der Waals surface area contributed by atoms with Crippen LogP contribution in [0.3, 0.4) is 0 Å². The van der Waals surface area contributed by atoms with Gasteiger partial charge in [-0.05, 0) is 19.3 Å². The van der Waals surface area contributed by atoms with E-state index >= 15 is 0 Å². The summed E-state index contributed by atoms with van der Waals surface area (Å²) in [5.74, 6) is -0.261. The van der Waals surface area contributed by atoms with Crippen LogP contribution in [0, 0.1) is 0 Å². The SMILES string of the molecule is Nc1[nH]ncc1S(=O)(=O)NCC(=O)N1CCCCC1. The van der Waals surface area contributed by atoms with Crippen LogP contribution in [0.15, 0.2) is 11.1 Å². The van der Waals surface area contributed by atoms with Gasteiger partial charge in [-0.1, -0.05) is 0 Å². The number of piperidine rings is 1. The Morgan fingerprint density at radius 2 is 2.11 bits per heavy atom. The molecule has 2 rings (SSSR count). The molecule has 1 aliphatic rings. The fourth-order valence-corrected chi connectivity index (χ4v) is 2.98. The lowest BCUT2D eigenvalue weighted by atomic mass is 10.1. The van der Waals surface area contributed by atoms with Crippen LogP contribution >= 0.6 is 0 Å². The molecular weight excluding hydrogens is 270 g/mol. The second-order valence-corrected chi connectivity index (χ2v) is 6.15. The predicted octanol–water partition coefficient (Wildman–Crippen LogP) is -0.717. The van der Waals surface area contributed by atoms with Crippen molar-refractivity contribution in [2.75, 3.05) is 25.4 Å². The highest BCUT2D eigenvalue weighted by molar-refractivity contribution is 7.89. The summed E-state index contributed by atoms with van der Waals surface area (Å²) in [7, 11) is -3.80. The molecule has 0 bridgehead atoms. The number of aromatic nitrogens is 2. The van der Waals surface area contributed by atoms with Crippen molar-refractivity contribution in [3.05, 3.63) is 6.20 Å². The summed E-state index contributed by atoms with van der Waals surface area (Å²) in [6.45, 7) is 1.12. The maximum Gasteiger partial charge on any atom is 0.246 e. The van der Waals surface area contributed by atoms with Crippen LogP contribution in [0.4, 0.5) is 5.82 Å². The molecule has 1 aromatic heterocycles. The molecule has 0 spiro atoms. The third-order valence-electron chi connectivity index (χ3n) is 3.04. The normalized spacial score (nSPS) is 16.5. The zero-order chi connectivity index (χ0) is 13.9. The number of anilines is 1. The summed E-state index contributed by atoms with van der Waals surface area (Å²) in [6, 6.07) is 0. The number of aromatic amines is 1. The van der Waals surface area contributed by atoms with E-state index in [1.54, 1.807) is 4.90 Å². The van der Waals surface area contributed by atoms with Gasteiger partial charge in [0.25, 0.3) is 0 Å². The Morgan fingerprint density at radius 3 is 2.68 bits per heavy atom. The minimum atomic E-state index is -3.80. The van der Waals surface area contributed by atoms with Gasteiger partial charge >= 0.3 is 0 Å². The van der Waals surface area contributed by atoms with Crippen LogP contribution < -0.4 is 10.5 Å². The highest BCUT2D eigenvalue weighted by atomic mass is 32.2. The second-order valence-electron chi connectivity index (χ2n) is 4.41. The number of amides is 1. The Balaban J connectivity index is 1.94. The van der Waals surface area contributed by atoms with E-state index in [0.717, 1.165) is 25.5 Å². The van der Waals surface area contributed by atoms with Crippen molar-refractivity contribution in [1.29, 1.82) is 0 Å². The topological polar surface area (TPSA) is 121 Å². The number of nitrogens with one attached hydrogen (secondary N) is 2. The molecule has 8 nitrogen and oxygen atoms in total. The van der Waals surface area contributed by atoms with Crippen molar-refractivity contribution in [3.8, 4) is 0 Å². The summed E-state index contributed by atoms with van der Waals surface area (Å²) in [5, 5.41) is 5.88. The Morgan fingerprint density at radius 1 is 1.42 bits per heavy atom.